The van der Waals surface area contributed by atoms with Crippen molar-refractivity contribution in [3.63, 3.8) is 0 Å². The van der Waals surface area contributed by atoms with Gasteiger partial charge in [-0.25, -0.2) is 15.0 Å². The minimum atomic E-state index is -2.89. The largest absolute Gasteiger partial charge is 0.462 e. The molecule has 1 aromatic heterocycles. The Hall–Kier alpha value is -3.55. The van der Waals surface area contributed by atoms with Crippen molar-refractivity contribution in [3.8, 4) is 16.9 Å². The van der Waals surface area contributed by atoms with E-state index in [9.17, 15) is 8.78 Å². The van der Waals surface area contributed by atoms with Crippen LogP contribution in [-0.4, -0.2) is 29.2 Å². The molecule has 3 aromatic rings. The molecule has 1 atom stereocenters. The van der Waals surface area contributed by atoms with Gasteiger partial charge in [0.2, 0.25) is 0 Å². The number of hydrogen-bond acceptors (Lipinski definition) is 6. The third-order valence-electron chi connectivity index (χ3n) is 4.83. The van der Waals surface area contributed by atoms with E-state index in [0.717, 1.165) is 27.8 Å². The molecule has 0 aliphatic carbocycles. The van der Waals surface area contributed by atoms with Crippen molar-refractivity contribution in [1.82, 2.24) is 9.97 Å². The van der Waals surface area contributed by atoms with Crippen molar-refractivity contribution in [1.29, 1.82) is 0 Å². The van der Waals surface area contributed by atoms with Crippen molar-refractivity contribution in [2.75, 3.05) is 6.61 Å². The summed E-state index contributed by atoms with van der Waals surface area (Å²) >= 11 is 0. The Morgan fingerprint density at radius 3 is 2.55 bits per heavy atom. The van der Waals surface area contributed by atoms with Crippen LogP contribution in [0.5, 0.6) is 5.75 Å². The van der Waals surface area contributed by atoms with Gasteiger partial charge in [-0.3, -0.25) is 0 Å². The number of alkyl halides is 2. The van der Waals surface area contributed by atoms with Gasteiger partial charge < -0.3 is 15.2 Å². The van der Waals surface area contributed by atoms with E-state index in [0.29, 0.717) is 0 Å². The van der Waals surface area contributed by atoms with E-state index in [-0.39, 0.29) is 18.4 Å². The molecule has 2 N–H and O–H groups in total. The second kappa shape index (κ2) is 7.46. The smallest absolute Gasteiger partial charge is 0.387 e. The van der Waals surface area contributed by atoms with Crippen molar-refractivity contribution in [3.05, 3.63) is 77.9 Å². The second-order valence-corrected chi connectivity index (χ2v) is 6.66. The summed E-state index contributed by atoms with van der Waals surface area (Å²) in [4.78, 5) is 12.7. The maximum absolute atomic E-state index is 12.6. The predicted molar refractivity (Wildman–Crippen MR) is 104 cm³/mol. The number of nitrogens with zero attached hydrogens (tertiary/aromatic N) is 3. The maximum atomic E-state index is 12.6. The first-order valence-electron chi connectivity index (χ1n) is 8.88. The third kappa shape index (κ3) is 3.61. The minimum Gasteiger partial charge on any atom is -0.462 e. The number of benzene rings is 2. The fraction of sp³-hybridized carbons (Fsp3) is 0.190. The van der Waals surface area contributed by atoms with Gasteiger partial charge in [0.1, 0.15) is 18.7 Å². The normalized spacial score (nSPS) is 18.4. The fourth-order valence-electron chi connectivity index (χ4n) is 3.55. The summed E-state index contributed by atoms with van der Waals surface area (Å²) in [7, 11) is 0. The van der Waals surface area contributed by atoms with Crippen LogP contribution in [-0.2, 0) is 10.3 Å². The van der Waals surface area contributed by atoms with Crippen LogP contribution >= 0.6 is 0 Å². The number of rotatable bonds is 5. The Kier molecular flexibility index (Phi) is 4.84. The molecule has 8 heteroatoms. The lowest BCUT2D eigenvalue weighted by Gasteiger charge is -2.27. The van der Waals surface area contributed by atoms with Gasteiger partial charge in [-0.15, -0.1) is 0 Å². The highest BCUT2D eigenvalue weighted by Gasteiger charge is 2.41. The monoisotopic (exact) mass is 396 g/mol. The molecule has 29 heavy (non-hydrogen) atoms. The molecule has 0 radical (unpaired) electrons. The van der Waals surface area contributed by atoms with Crippen molar-refractivity contribution in [2.24, 2.45) is 10.7 Å². The molecule has 0 saturated carbocycles. The summed E-state index contributed by atoms with van der Waals surface area (Å²) in [5.41, 5.74) is 9.12. The average molecular weight is 396 g/mol. The quantitative estimate of drug-likeness (QED) is 0.712. The van der Waals surface area contributed by atoms with Gasteiger partial charge in [0.15, 0.2) is 5.54 Å². The summed E-state index contributed by atoms with van der Waals surface area (Å²) in [5, 5.41) is 0. The topological polar surface area (TPSA) is 82.6 Å². The number of amidine groups is 1. The zero-order valence-electron chi connectivity index (χ0n) is 15.5. The molecule has 148 valence electrons. The van der Waals surface area contributed by atoms with Gasteiger partial charge in [0.25, 0.3) is 6.02 Å². The summed E-state index contributed by atoms with van der Waals surface area (Å²) in [6.45, 7) is -0.875. The average Bonchev–Trinajstić information content (AvgIpc) is 3.11. The number of aliphatic imine (C=N–C) groups is 1. The highest BCUT2D eigenvalue weighted by Crippen LogP contribution is 2.41. The Morgan fingerprint density at radius 2 is 1.90 bits per heavy atom. The van der Waals surface area contributed by atoms with E-state index < -0.39 is 12.2 Å². The van der Waals surface area contributed by atoms with Crippen molar-refractivity contribution >= 4 is 6.02 Å². The number of halogens is 2. The van der Waals surface area contributed by atoms with Crippen LogP contribution in [0.4, 0.5) is 8.78 Å². The van der Waals surface area contributed by atoms with Crippen LogP contribution in [0.1, 0.15) is 16.7 Å². The summed E-state index contributed by atoms with van der Waals surface area (Å²) < 4.78 is 35.2. The van der Waals surface area contributed by atoms with Crippen LogP contribution in [0.2, 0.25) is 0 Å². The van der Waals surface area contributed by atoms with Gasteiger partial charge in [-0.05, 0) is 47.4 Å². The number of nitrogens with two attached hydrogens (primary N) is 1. The lowest BCUT2D eigenvalue weighted by atomic mass is 9.81. The molecule has 0 saturated heterocycles. The molecular weight excluding hydrogens is 378 g/mol. The number of aryl methyl sites for hydroxylation is 1. The van der Waals surface area contributed by atoms with Gasteiger partial charge >= 0.3 is 6.61 Å². The molecule has 2 aromatic carbocycles. The highest BCUT2D eigenvalue weighted by molar-refractivity contribution is 5.76. The third-order valence-corrected chi connectivity index (χ3v) is 4.83. The zero-order chi connectivity index (χ0) is 20.4. The molecule has 1 unspecified atom stereocenters. The Labute approximate surface area is 166 Å². The zero-order valence-corrected chi connectivity index (χ0v) is 15.5. The van der Waals surface area contributed by atoms with Crippen LogP contribution in [0.25, 0.3) is 11.1 Å². The molecule has 1 aliphatic rings. The number of aromatic nitrogens is 2. The van der Waals surface area contributed by atoms with Crippen LogP contribution < -0.4 is 10.5 Å². The van der Waals surface area contributed by atoms with Gasteiger partial charge in [-0.1, -0.05) is 24.3 Å². The van der Waals surface area contributed by atoms with Crippen LogP contribution in [0.15, 0.2) is 66.2 Å². The van der Waals surface area contributed by atoms with E-state index in [4.69, 9.17) is 10.5 Å². The summed E-state index contributed by atoms with van der Waals surface area (Å²) in [6.07, 6.45) is 4.92. The lowest BCUT2D eigenvalue weighted by molar-refractivity contribution is -0.0498. The summed E-state index contributed by atoms with van der Waals surface area (Å²) in [6, 6.07) is 12.6. The molecule has 0 fully saturated rings. The molecule has 0 amide bonds. The fourth-order valence-corrected chi connectivity index (χ4v) is 3.55. The first kappa shape index (κ1) is 18.8. The van der Waals surface area contributed by atoms with Gasteiger partial charge in [0, 0.05) is 18.0 Å². The minimum absolute atomic E-state index is 0.0748. The van der Waals surface area contributed by atoms with Crippen LogP contribution in [0.3, 0.4) is 0 Å². The summed E-state index contributed by atoms with van der Waals surface area (Å²) in [5.74, 6) is 0.0856. The van der Waals surface area contributed by atoms with Crippen molar-refractivity contribution in [2.45, 2.75) is 19.1 Å². The Balaban J connectivity index is 1.82. The molecule has 4 rings (SSSR count). The molecule has 2 heterocycles. The Morgan fingerprint density at radius 1 is 1.10 bits per heavy atom. The standard InChI is InChI=1S/C21H18F2N4O2/c1-13-7-17(29-19(22)23)5-6-18(13)21(11-28-20(24)27-21)16-4-2-3-14(8-16)15-9-25-12-26-10-15/h2-10,12,19H,11H2,1H3,(H2,24,27). The van der Waals surface area contributed by atoms with Crippen molar-refractivity contribution < 1.29 is 18.3 Å². The SMILES string of the molecule is Cc1cc(OC(F)F)ccc1C1(c2cccc(-c3cncnc3)c2)COC(N)=N1. The Bertz CT molecular complexity index is 1060. The number of hydrogen-bond donors (Lipinski definition) is 1. The van der Waals surface area contributed by atoms with E-state index >= 15 is 0 Å². The molecule has 0 spiro atoms. The molecular formula is C21H18F2N4O2. The van der Waals surface area contributed by atoms with Gasteiger partial charge in [0.05, 0.1) is 0 Å². The first-order chi connectivity index (χ1) is 14.0. The highest BCUT2D eigenvalue weighted by atomic mass is 19.3. The van der Waals surface area contributed by atoms with Crippen LogP contribution in [0, 0.1) is 6.92 Å². The van der Waals surface area contributed by atoms with Gasteiger partial charge in [-0.2, -0.15) is 8.78 Å². The van der Waals surface area contributed by atoms with E-state index in [1.54, 1.807) is 24.5 Å². The number of ether oxygens (including phenoxy) is 2. The van der Waals surface area contributed by atoms with E-state index in [1.165, 1.54) is 12.4 Å². The molecule has 1 aliphatic heterocycles. The molecule has 0 bridgehead atoms. The second-order valence-electron chi connectivity index (χ2n) is 6.66. The maximum Gasteiger partial charge on any atom is 0.387 e. The lowest BCUT2D eigenvalue weighted by Crippen LogP contribution is -2.28. The van der Waals surface area contributed by atoms with E-state index in [1.807, 2.05) is 31.2 Å². The molecule has 6 nitrogen and oxygen atoms in total. The first-order valence-corrected chi connectivity index (χ1v) is 8.88. The predicted octanol–water partition coefficient (Wildman–Crippen LogP) is 3.64. The van der Waals surface area contributed by atoms with E-state index in [2.05, 4.69) is 19.7 Å².